The number of aliphatic hydroxyl groups excluding tert-OH is 1. The second-order valence-corrected chi connectivity index (χ2v) is 3.35. The summed E-state index contributed by atoms with van der Waals surface area (Å²) in [5.74, 6) is -0.625. The van der Waals surface area contributed by atoms with E-state index in [1.807, 2.05) is 0 Å². The number of likely N-dealkylation sites (tertiary alicyclic amines) is 1. The summed E-state index contributed by atoms with van der Waals surface area (Å²) < 4.78 is 5.05. The summed E-state index contributed by atoms with van der Waals surface area (Å²) in [5, 5.41) is 9.27. The van der Waals surface area contributed by atoms with Gasteiger partial charge in [-0.2, -0.15) is 0 Å². The second kappa shape index (κ2) is 5.50. The van der Waals surface area contributed by atoms with Gasteiger partial charge in [0.1, 0.15) is 0 Å². The Labute approximate surface area is 88.3 Å². The van der Waals surface area contributed by atoms with Crippen molar-refractivity contribution in [2.45, 2.75) is 19.4 Å². The predicted molar refractivity (Wildman–Crippen MR) is 53.0 cm³/mol. The molecule has 0 aromatic heterocycles. The topological polar surface area (TPSA) is 66.8 Å². The molecule has 1 saturated heterocycles. The smallest absolute Gasteiger partial charge is 0.261 e. The lowest BCUT2D eigenvalue weighted by molar-refractivity contribution is -0.129. The van der Waals surface area contributed by atoms with E-state index in [2.05, 4.69) is 0 Å². The Morgan fingerprint density at radius 2 is 2.40 bits per heavy atom. The zero-order valence-corrected chi connectivity index (χ0v) is 8.68. The van der Waals surface area contributed by atoms with Crippen molar-refractivity contribution in [3.05, 3.63) is 12.0 Å². The predicted octanol–water partition coefficient (Wildman–Crippen LogP) is -0.301. The number of Topliss-reactive ketones (excluding diaryl/α,β-unsaturated/α-hetero) is 1. The van der Waals surface area contributed by atoms with E-state index < -0.39 is 5.78 Å². The van der Waals surface area contributed by atoms with Crippen molar-refractivity contribution in [2.75, 3.05) is 19.7 Å². The molecule has 1 N–H and O–H groups in total. The van der Waals surface area contributed by atoms with Crippen LogP contribution in [0.1, 0.15) is 13.3 Å². The highest BCUT2D eigenvalue weighted by Gasteiger charge is 2.20. The number of aliphatic hydroxyl groups is 1. The second-order valence-electron chi connectivity index (χ2n) is 3.35. The van der Waals surface area contributed by atoms with Crippen LogP contribution in [0.3, 0.4) is 0 Å². The zero-order valence-electron chi connectivity index (χ0n) is 8.68. The van der Waals surface area contributed by atoms with E-state index in [1.54, 1.807) is 11.8 Å². The molecule has 1 atom stereocenters. The maximum absolute atomic E-state index is 11.1. The summed E-state index contributed by atoms with van der Waals surface area (Å²) in [7, 11) is 0. The standard InChI is InChI=1S/C10H15NO4/c1-2-15-10(9(14)7-12)6-11-4-3-8(13)5-11/h6-8,13H,2-5H2,1H3/t8-/m0/s1. The summed E-state index contributed by atoms with van der Waals surface area (Å²) >= 11 is 0. The van der Waals surface area contributed by atoms with Crippen LogP contribution >= 0.6 is 0 Å². The van der Waals surface area contributed by atoms with Crippen molar-refractivity contribution in [3.8, 4) is 0 Å². The fourth-order valence-corrected chi connectivity index (χ4v) is 1.44. The highest BCUT2D eigenvalue weighted by Crippen LogP contribution is 2.11. The minimum atomic E-state index is -0.668. The Bertz CT molecular complexity index is 275. The molecule has 1 aliphatic heterocycles. The molecule has 5 nitrogen and oxygen atoms in total. The molecule has 5 heteroatoms. The number of ether oxygens (including phenoxy) is 1. The molecule has 0 saturated carbocycles. The average Bonchev–Trinajstić information content (AvgIpc) is 2.62. The Morgan fingerprint density at radius 3 is 2.87 bits per heavy atom. The van der Waals surface area contributed by atoms with E-state index in [0.717, 1.165) is 0 Å². The van der Waals surface area contributed by atoms with E-state index in [4.69, 9.17) is 4.74 Å². The first-order valence-electron chi connectivity index (χ1n) is 4.93. The first-order chi connectivity index (χ1) is 7.17. The van der Waals surface area contributed by atoms with Gasteiger partial charge in [0.2, 0.25) is 0 Å². The minimum Gasteiger partial charge on any atom is -0.488 e. The normalized spacial score (nSPS) is 21.6. The van der Waals surface area contributed by atoms with Crippen LogP contribution in [0.5, 0.6) is 0 Å². The van der Waals surface area contributed by atoms with Gasteiger partial charge in [-0.05, 0) is 13.3 Å². The molecule has 1 heterocycles. The van der Waals surface area contributed by atoms with E-state index in [1.165, 1.54) is 6.20 Å². The SMILES string of the molecule is CCOC(=CN1CC[C@H](O)C1)C(=O)C=O. The molecule has 0 unspecified atom stereocenters. The number of carbonyl (C=O) groups excluding carboxylic acids is 2. The van der Waals surface area contributed by atoms with Crippen LogP contribution in [-0.2, 0) is 14.3 Å². The van der Waals surface area contributed by atoms with E-state index in [9.17, 15) is 14.7 Å². The molecule has 0 radical (unpaired) electrons. The van der Waals surface area contributed by atoms with Crippen molar-refractivity contribution < 1.29 is 19.4 Å². The molecule has 0 amide bonds. The van der Waals surface area contributed by atoms with Gasteiger partial charge >= 0.3 is 0 Å². The average molecular weight is 213 g/mol. The Kier molecular flexibility index (Phi) is 4.30. The molecule has 15 heavy (non-hydrogen) atoms. The van der Waals surface area contributed by atoms with Crippen molar-refractivity contribution in [1.29, 1.82) is 0 Å². The summed E-state index contributed by atoms with van der Waals surface area (Å²) in [5.41, 5.74) is 0. The Hall–Kier alpha value is -1.36. The van der Waals surface area contributed by atoms with Gasteiger partial charge in [0.15, 0.2) is 12.0 Å². The molecular formula is C10H15NO4. The van der Waals surface area contributed by atoms with Crippen molar-refractivity contribution in [2.24, 2.45) is 0 Å². The van der Waals surface area contributed by atoms with E-state index in [-0.39, 0.29) is 18.1 Å². The number of allylic oxidation sites excluding steroid dienone is 1. The summed E-state index contributed by atoms with van der Waals surface area (Å²) in [6, 6.07) is 0. The van der Waals surface area contributed by atoms with Crippen LogP contribution in [0, 0.1) is 0 Å². The van der Waals surface area contributed by atoms with Gasteiger partial charge < -0.3 is 14.7 Å². The molecule has 0 bridgehead atoms. The summed E-state index contributed by atoms with van der Waals surface area (Å²) in [6.45, 7) is 3.22. The Balaban J connectivity index is 2.65. The highest BCUT2D eigenvalue weighted by molar-refractivity contribution is 6.32. The monoisotopic (exact) mass is 213 g/mol. The summed E-state index contributed by atoms with van der Waals surface area (Å²) in [4.78, 5) is 23.2. The molecule has 0 spiro atoms. The van der Waals surface area contributed by atoms with Crippen LogP contribution in [0.4, 0.5) is 0 Å². The van der Waals surface area contributed by atoms with Crippen LogP contribution in [0.2, 0.25) is 0 Å². The third kappa shape index (κ3) is 3.36. The van der Waals surface area contributed by atoms with Crippen LogP contribution in [0.15, 0.2) is 12.0 Å². The number of hydrogen-bond donors (Lipinski definition) is 1. The van der Waals surface area contributed by atoms with Crippen LogP contribution in [0.25, 0.3) is 0 Å². The fraction of sp³-hybridized carbons (Fsp3) is 0.600. The number of hydrogen-bond acceptors (Lipinski definition) is 5. The van der Waals surface area contributed by atoms with Crippen molar-refractivity contribution in [1.82, 2.24) is 4.90 Å². The molecule has 0 aromatic carbocycles. The van der Waals surface area contributed by atoms with Crippen molar-refractivity contribution >= 4 is 12.1 Å². The quantitative estimate of drug-likeness (QED) is 0.294. The van der Waals surface area contributed by atoms with Gasteiger partial charge in [0, 0.05) is 19.3 Å². The maximum Gasteiger partial charge on any atom is 0.261 e. The molecular weight excluding hydrogens is 198 g/mol. The maximum atomic E-state index is 11.1. The third-order valence-electron chi connectivity index (χ3n) is 2.14. The number of β-amino-alcohol motifs (C(OH)–C–C–N with tert-alkyl or cyclic N) is 1. The lowest BCUT2D eigenvalue weighted by atomic mass is 10.3. The van der Waals surface area contributed by atoms with Gasteiger partial charge in [-0.3, -0.25) is 9.59 Å². The first-order valence-corrected chi connectivity index (χ1v) is 4.93. The number of nitrogens with zero attached hydrogens (tertiary/aromatic N) is 1. The highest BCUT2D eigenvalue weighted by atomic mass is 16.5. The van der Waals surface area contributed by atoms with E-state index >= 15 is 0 Å². The number of ketones is 1. The van der Waals surface area contributed by atoms with Gasteiger partial charge in [-0.1, -0.05) is 0 Å². The third-order valence-corrected chi connectivity index (χ3v) is 2.14. The molecule has 0 aliphatic carbocycles. The van der Waals surface area contributed by atoms with Gasteiger partial charge in [-0.25, -0.2) is 0 Å². The van der Waals surface area contributed by atoms with Crippen LogP contribution in [-0.4, -0.2) is 47.9 Å². The molecule has 1 fully saturated rings. The molecule has 84 valence electrons. The van der Waals surface area contributed by atoms with E-state index in [0.29, 0.717) is 26.1 Å². The van der Waals surface area contributed by atoms with Gasteiger partial charge in [0.25, 0.3) is 5.78 Å². The lowest BCUT2D eigenvalue weighted by Crippen LogP contribution is -2.19. The minimum absolute atomic E-state index is 0.0431. The van der Waals surface area contributed by atoms with Gasteiger partial charge in [-0.15, -0.1) is 0 Å². The lowest BCUT2D eigenvalue weighted by Gasteiger charge is -2.13. The number of aldehydes is 1. The number of rotatable bonds is 5. The zero-order chi connectivity index (χ0) is 11.3. The first kappa shape index (κ1) is 11.7. The van der Waals surface area contributed by atoms with Gasteiger partial charge in [0.05, 0.1) is 12.7 Å². The Morgan fingerprint density at radius 1 is 1.67 bits per heavy atom. The van der Waals surface area contributed by atoms with Crippen LogP contribution < -0.4 is 0 Å². The summed E-state index contributed by atoms with van der Waals surface area (Å²) in [6.07, 6.45) is 2.03. The largest absolute Gasteiger partial charge is 0.488 e. The molecule has 1 aliphatic rings. The number of carbonyl (C=O) groups is 2. The van der Waals surface area contributed by atoms with Crippen molar-refractivity contribution in [3.63, 3.8) is 0 Å². The molecule has 0 aromatic rings. The molecule has 1 rings (SSSR count). The fourth-order valence-electron chi connectivity index (χ4n) is 1.44.